The third-order valence-corrected chi connectivity index (χ3v) is 7.45. The van der Waals surface area contributed by atoms with Crippen LogP contribution in [0.25, 0.3) is 0 Å². The molecule has 0 amide bonds. The predicted molar refractivity (Wildman–Crippen MR) is 148 cm³/mol. The van der Waals surface area contributed by atoms with E-state index in [2.05, 4.69) is 4.90 Å². The summed E-state index contributed by atoms with van der Waals surface area (Å²) in [6, 6.07) is 5.02. The van der Waals surface area contributed by atoms with Crippen LogP contribution in [0.2, 0.25) is 0 Å². The van der Waals surface area contributed by atoms with Gasteiger partial charge < -0.3 is 20.9 Å². The van der Waals surface area contributed by atoms with E-state index in [-0.39, 0.29) is 22.8 Å². The lowest BCUT2D eigenvalue weighted by Gasteiger charge is -2.24. The standard InChI is InChI=1S/C26H35N7O6/c1-29-21(27)19(23(34)31(3)25(29)36)18(20-22(28)30(2)26(37)32(4)24(20)35)15-8-9-16(17(14-15)38-5)39-13-12-33-10-6-7-11-33/h8-9,14,18H,6-7,10-13,27-28H2,1-5H3. The summed E-state index contributed by atoms with van der Waals surface area (Å²) in [5.74, 6) is -0.531. The molecule has 1 saturated heterocycles. The number of nitrogen functional groups attached to an aromatic ring is 2. The Morgan fingerprint density at radius 3 is 1.79 bits per heavy atom. The Balaban J connectivity index is 1.93. The number of nitrogens with two attached hydrogens (primary N) is 2. The molecule has 0 atom stereocenters. The zero-order chi connectivity index (χ0) is 28.6. The van der Waals surface area contributed by atoms with Gasteiger partial charge in [-0.3, -0.25) is 32.8 Å². The highest BCUT2D eigenvalue weighted by Crippen LogP contribution is 2.38. The smallest absolute Gasteiger partial charge is 0.332 e. The van der Waals surface area contributed by atoms with Gasteiger partial charge in [-0.25, -0.2) is 9.59 Å². The van der Waals surface area contributed by atoms with Crippen molar-refractivity contribution in [3.63, 3.8) is 0 Å². The minimum absolute atomic E-state index is 0.0354. The van der Waals surface area contributed by atoms with Crippen molar-refractivity contribution in [1.82, 2.24) is 23.2 Å². The summed E-state index contributed by atoms with van der Waals surface area (Å²) in [6.07, 6.45) is 2.36. The largest absolute Gasteiger partial charge is 0.493 e. The van der Waals surface area contributed by atoms with Crippen LogP contribution < -0.4 is 43.4 Å². The van der Waals surface area contributed by atoms with Crippen molar-refractivity contribution in [3.8, 4) is 11.5 Å². The molecular formula is C26H35N7O6. The minimum atomic E-state index is -1.13. The van der Waals surface area contributed by atoms with Crippen LogP contribution in [-0.4, -0.2) is 56.5 Å². The molecule has 4 rings (SSSR count). The fraction of sp³-hybridized carbons (Fsp3) is 0.462. The molecule has 13 nitrogen and oxygen atoms in total. The summed E-state index contributed by atoms with van der Waals surface area (Å²) in [5, 5.41) is 0. The topological polar surface area (TPSA) is 162 Å². The lowest BCUT2D eigenvalue weighted by Crippen LogP contribution is -2.44. The number of hydrogen-bond acceptors (Lipinski definition) is 9. The Bertz CT molecular complexity index is 1560. The molecule has 0 aliphatic carbocycles. The molecule has 3 aromatic rings. The molecule has 39 heavy (non-hydrogen) atoms. The maximum absolute atomic E-state index is 13.5. The maximum Gasteiger partial charge on any atom is 0.332 e. The van der Waals surface area contributed by atoms with Gasteiger partial charge in [0.25, 0.3) is 11.1 Å². The highest BCUT2D eigenvalue weighted by atomic mass is 16.5. The monoisotopic (exact) mass is 541 g/mol. The van der Waals surface area contributed by atoms with Crippen molar-refractivity contribution in [2.24, 2.45) is 28.2 Å². The van der Waals surface area contributed by atoms with E-state index >= 15 is 0 Å². The minimum Gasteiger partial charge on any atom is -0.493 e. The summed E-state index contributed by atoms with van der Waals surface area (Å²) in [5.41, 5.74) is 10.4. The number of methoxy groups -OCH3 is 1. The second-order valence-corrected chi connectivity index (χ2v) is 9.75. The zero-order valence-corrected chi connectivity index (χ0v) is 22.9. The first-order valence-electron chi connectivity index (χ1n) is 12.6. The molecular weight excluding hydrogens is 506 g/mol. The van der Waals surface area contributed by atoms with Crippen LogP contribution >= 0.6 is 0 Å². The third kappa shape index (κ3) is 4.85. The Hall–Kier alpha value is -4.26. The molecule has 1 fully saturated rings. The lowest BCUT2D eigenvalue weighted by molar-refractivity contribution is 0.230. The molecule has 1 aliphatic heterocycles. The highest BCUT2D eigenvalue weighted by molar-refractivity contribution is 5.58. The second-order valence-electron chi connectivity index (χ2n) is 9.75. The number of likely N-dealkylation sites (tertiary alicyclic amines) is 1. The molecule has 0 spiro atoms. The maximum atomic E-state index is 13.5. The molecule has 1 aromatic carbocycles. The van der Waals surface area contributed by atoms with E-state index in [0.717, 1.165) is 37.9 Å². The van der Waals surface area contributed by atoms with Crippen LogP contribution in [0.5, 0.6) is 11.5 Å². The molecule has 0 unspecified atom stereocenters. The number of rotatable bonds is 8. The Morgan fingerprint density at radius 2 is 1.31 bits per heavy atom. The van der Waals surface area contributed by atoms with Gasteiger partial charge in [0.05, 0.1) is 24.2 Å². The number of ether oxygens (including phenoxy) is 2. The number of benzene rings is 1. The van der Waals surface area contributed by atoms with Crippen molar-refractivity contribution < 1.29 is 9.47 Å². The first-order valence-corrected chi connectivity index (χ1v) is 12.6. The van der Waals surface area contributed by atoms with Crippen molar-refractivity contribution in [2.75, 3.05) is 44.8 Å². The third-order valence-electron chi connectivity index (χ3n) is 7.45. The molecule has 0 radical (unpaired) electrons. The normalized spacial score (nSPS) is 13.8. The van der Waals surface area contributed by atoms with Gasteiger partial charge in [0, 0.05) is 34.7 Å². The molecule has 3 heterocycles. The molecule has 210 valence electrons. The van der Waals surface area contributed by atoms with Gasteiger partial charge in [0.2, 0.25) is 0 Å². The summed E-state index contributed by atoms with van der Waals surface area (Å²) in [4.78, 5) is 54.4. The Kier molecular flexibility index (Phi) is 7.72. The molecule has 2 aromatic heterocycles. The first kappa shape index (κ1) is 27.8. The summed E-state index contributed by atoms with van der Waals surface area (Å²) < 4.78 is 15.7. The van der Waals surface area contributed by atoms with Gasteiger partial charge >= 0.3 is 11.4 Å². The molecule has 13 heteroatoms. The van der Waals surface area contributed by atoms with Crippen LogP contribution in [0.3, 0.4) is 0 Å². The van der Waals surface area contributed by atoms with Crippen molar-refractivity contribution in [2.45, 2.75) is 18.8 Å². The quantitative estimate of drug-likeness (QED) is 0.376. The SMILES string of the molecule is COc1cc(C(c2c(N)n(C)c(=O)n(C)c2=O)c2c(N)n(C)c(=O)n(C)c2=O)ccc1OCCN1CCCC1. The average molecular weight is 542 g/mol. The molecule has 4 N–H and O–H groups in total. The second kappa shape index (κ2) is 10.8. The Labute approximate surface area is 224 Å². The molecule has 1 aliphatic rings. The number of anilines is 2. The Morgan fingerprint density at radius 1 is 0.795 bits per heavy atom. The van der Waals surface area contributed by atoms with Crippen molar-refractivity contribution in [1.29, 1.82) is 0 Å². The number of aromatic nitrogens is 4. The van der Waals surface area contributed by atoms with Gasteiger partial charge in [-0.15, -0.1) is 0 Å². The van der Waals surface area contributed by atoms with E-state index in [4.69, 9.17) is 20.9 Å². The van der Waals surface area contributed by atoms with Gasteiger partial charge in [-0.05, 0) is 43.6 Å². The van der Waals surface area contributed by atoms with E-state index in [1.807, 2.05) is 0 Å². The highest BCUT2D eigenvalue weighted by Gasteiger charge is 2.32. The summed E-state index contributed by atoms with van der Waals surface area (Å²) >= 11 is 0. The van der Waals surface area contributed by atoms with Crippen LogP contribution in [0.4, 0.5) is 11.6 Å². The van der Waals surface area contributed by atoms with Crippen molar-refractivity contribution in [3.05, 3.63) is 76.6 Å². The van der Waals surface area contributed by atoms with E-state index in [9.17, 15) is 19.2 Å². The van der Waals surface area contributed by atoms with E-state index in [0.29, 0.717) is 23.7 Å². The summed E-state index contributed by atoms with van der Waals surface area (Å²) in [7, 11) is 6.99. The zero-order valence-electron chi connectivity index (χ0n) is 22.9. The van der Waals surface area contributed by atoms with E-state index in [1.165, 1.54) is 48.1 Å². The van der Waals surface area contributed by atoms with E-state index < -0.39 is 28.4 Å². The number of nitrogens with zero attached hydrogens (tertiary/aromatic N) is 5. The predicted octanol–water partition coefficient (Wildman–Crippen LogP) is -0.691. The van der Waals surface area contributed by atoms with E-state index in [1.54, 1.807) is 18.2 Å². The fourth-order valence-corrected chi connectivity index (χ4v) is 5.07. The number of hydrogen-bond donors (Lipinski definition) is 2. The van der Waals surface area contributed by atoms with Crippen LogP contribution in [-0.2, 0) is 28.2 Å². The van der Waals surface area contributed by atoms with Crippen LogP contribution in [0, 0.1) is 0 Å². The van der Waals surface area contributed by atoms with Gasteiger partial charge in [0.15, 0.2) is 11.5 Å². The fourth-order valence-electron chi connectivity index (χ4n) is 5.07. The van der Waals surface area contributed by atoms with Crippen molar-refractivity contribution >= 4 is 11.6 Å². The van der Waals surface area contributed by atoms with Gasteiger partial charge in [-0.2, -0.15) is 0 Å². The summed E-state index contributed by atoms with van der Waals surface area (Å²) in [6.45, 7) is 3.34. The first-order chi connectivity index (χ1) is 18.5. The van der Waals surface area contributed by atoms with Crippen LogP contribution in [0.1, 0.15) is 35.4 Å². The van der Waals surface area contributed by atoms with Gasteiger partial charge in [0.1, 0.15) is 18.2 Å². The lowest BCUT2D eigenvalue weighted by atomic mass is 9.86. The van der Waals surface area contributed by atoms with Gasteiger partial charge in [-0.1, -0.05) is 6.07 Å². The molecule has 0 saturated carbocycles. The average Bonchev–Trinajstić information content (AvgIpc) is 3.46. The van der Waals surface area contributed by atoms with Crippen LogP contribution in [0.15, 0.2) is 37.4 Å². The molecule has 0 bridgehead atoms.